The van der Waals surface area contributed by atoms with Crippen LogP contribution in [0.4, 0.5) is 10.5 Å². The Kier molecular flexibility index (Phi) is 7.54. The largest absolute Gasteiger partial charge is 0.394 e. The van der Waals surface area contributed by atoms with E-state index in [1.165, 1.54) is 0 Å². The van der Waals surface area contributed by atoms with Gasteiger partial charge in [0.25, 0.3) is 0 Å². The number of nitrogens with one attached hydrogen (secondary N) is 3. The fraction of sp³-hybridized carbons (Fsp3) is 0.381. The van der Waals surface area contributed by atoms with Gasteiger partial charge in [0.1, 0.15) is 6.10 Å². The first-order chi connectivity index (χ1) is 14.1. The van der Waals surface area contributed by atoms with Crippen molar-refractivity contribution in [2.45, 2.75) is 44.1 Å². The molecule has 4 N–H and O–H groups in total. The third-order valence-corrected chi connectivity index (χ3v) is 4.75. The Hall–Kier alpha value is -2.97. The number of carbonyl (C=O) groups excluding carboxylic acids is 2. The Morgan fingerprint density at radius 2 is 1.90 bits per heavy atom. The molecule has 0 radical (unpaired) electrons. The summed E-state index contributed by atoms with van der Waals surface area (Å²) in [6.07, 6.45) is 2.25. The van der Waals surface area contributed by atoms with Crippen molar-refractivity contribution in [1.82, 2.24) is 15.6 Å². The quantitative estimate of drug-likeness (QED) is 0.568. The number of nitrogens with zero attached hydrogens (tertiary/aromatic N) is 1. The van der Waals surface area contributed by atoms with E-state index in [-0.39, 0.29) is 37.1 Å². The second-order valence-electron chi connectivity index (χ2n) is 6.93. The summed E-state index contributed by atoms with van der Waals surface area (Å²) in [7, 11) is 0. The number of rotatable bonds is 7. The number of para-hydroxylation sites is 1. The van der Waals surface area contributed by atoms with E-state index >= 15 is 0 Å². The van der Waals surface area contributed by atoms with E-state index in [2.05, 4.69) is 20.9 Å². The molecule has 0 aliphatic carbocycles. The molecule has 1 aromatic heterocycles. The summed E-state index contributed by atoms with van der Waals surface area (Å²) in [6.45, 7) is 0.127. The van der Waals surface area contributed by atoms with Crippen LogP contribution in [0.3, 0.4) is 0 Å². The summed E-state index contributed by atoms with van der Waals surface area (Å²) in [6, 6.07) is 14.0. The number of ether oxygens (including phenoxy) is 1. The molecule has 0 bridgehead atoms. The molecule has 2 heterocycles. The highest BCUT2D eigenvalue weighted by Gasteiger charge is 2.32. The van der Waals surface area contributed by atoms with E-state index in [1.54, 1.807) is 18.3 Å². The monoisotopic (exact) mass is 398 g/mol. The molecule has 2 aromatic rings. The van der Waals surface area contributed by atoms with Crippen LogP contribution in [0.15, 0.2) is 54.7 Å². The number of carbonyl (C=O) groups is 2. The lowest BCUT2D eigenvalue weighted by Gasteiger charge is -2.35. The van der Waals surface area contributed by atoms with Gasteiger partial charge in [-0.15, -0.1) is 0 Å². The third-order valence-electron chi connectivity index (χ3n) is 4.75. The molecule has 3 rings (SSSR count). The average molecular weight is 398 g/mol. The van der Waals surface area contributed by atoms with Gasteiger partial charge in [-0.2, -0.15) is 0 Å². The van der Waals surface area contributed by atoms with Gasteiger partial charge in [0.15, 0.2) is 0 Å². The maximum Gasteiger partial charge on any atom is 0.319 e. The number of aliphatic hydroxyl groups excluding tert-OH is 1. The van der Waals surface area contributed by atoms with Crippen molar-refractivity contribution in [1.29, 1.82) is 0 Å². The first-order valence-electron chi connectivity index (χ1n) is 9.69. The lowest BCUT2D eigenvalue weighted by atomic mass is 9.97. The predicted molar refractivity (Wildman–Crippen MR) is 108 cm³/mol. The summed E-state index contributed by atoms with van der Waals surface area (Å²) >= 11 is 0. The topological polar surface area (TPSA) is 113 Å². The number of anilines is 1. The molecule has 1 aliphatic heterocycles. The zero-order valence-corrected chi connectivity index (χ0v) is 16.1. The second-order valence-corrected chi connectivity index (χ2v) is 6.93. The van der Waals surface area contributed by atoms with Gasteiger partial charge in [-0.25, -0.2) is 4.79 Å². The molecule has 0 unspecified atom stereocenters. The fourth-order valence-electron chi connectivity index (χ4n) is 3.27. The molecular weight excluding hydrogens is 372 g/mol. The SMILES string of the molecule is O=C(C[C@H]1CC[C@@H](NC(=O)Nc2ccccc2)[C@H](CO)O1)NCc1ccccn1. The molecule has 8 nitrogen and oxygen atoms in total. The van der Waals surface area contributed by atoms with Gasteiger partial charge in [0, 0.05) is 11.9 Å². The Balaban J connectivity index is 1.43. The van der Waals surface area contributed by atoms with Crippen molar-refractivity contribution in [3.8, 4) is 0 Å². The maximum atomic E-state index is 12.2. The van der Waals surface area contributed by atoms with Gasteiger partial charge in [-0.05, 0) is 37.1 Å². The molecule has 0 saturated carbocycles. The summed E-state index contributed by atoms with van der Waals surface area (Å²) in [4.78, 5) is 28.5. The number of urea groups is 1. The van der Waals surface area contributed by atoms with E-state index in [0.29, 0.717) is 25.1 Å². The molecule has 154 valence electrons. The van der Waals surface area contributed by atoms with Gasteiger partial charge < -0.3 is 25.8 Å². The Labute approximate surface area is 169 Å². The fourth-order valence-corrected chi connectivity index (χ4v) is 3.27. The van der Waals surface area contributed by atoms with Crippen LogP contribution in [-0.2, 0) is 16.1 Å². The van der Waals surface area contributed by atoms with Crippen LogP contribution in [0.5, 0.6) is 0 Å². The van der Waals surface area contributed by atoms with E-state index in [4.69, 9.17) is 4.74 Å². The van der Waals surface area contributed by atoms with Crippen molar-refractivity contribution in [2.24, 2.45) is 0 Å². The van der Waals surface area contributed by atoms with Crippen molar-refractivity contribution < 1.29 is 19.4 Å². The van der Waals surface area contributed by atoms with Crippen LogP contribution in [0.25, 0.3) is 0 Å². The number of aliphatic hydroxyl groups is 1. The lowest BCUT2D eigenvalue weighted by molar-refractivity contribution is -0.130. The van der Waals surface area contributed by atoms with Crippen molar-refractivity contribution in [3.05, 3.63) is 60.4 Å². The number of pyridine rings is 1. The standard InChI is InChI=1S/C21H26N4O4/c26-14-19-18(25-21(28)24-15-6-2-1-3-7-15)10-9-17(29-19)12-20(27)23-13-16-8-4-5-11-22-16/h1-8,11,17-19,26H,9-10,12-14H2,(H,23,27)(H2,24,25,28)/t17-,18-,19+/m1/s1. The molecule has 29 heavy (non-hydrogen) atoms. The number of aromatic nitrogens is 1. The number of amides is 3. The van der Waals surface area contributed by atoms with E-state index < -0.39 is 6.10 Å². The molecule has 1 aromatic carbocycles. The maximum absolute atomic E-state index is 12.2. The van der Waals surface area contributed by atoms with Gasteiger partial charge in [-0.3, -0.25) is 9.78 Å². The van der Waals surface area contributed by atoms with Crippen LogP contribution in [0.2, 0.25) is 0 Å². The Bertz CT molecular complexity index is 788. The summed E-state index contributed by atoms with van der Waals surface area (Å²) in [5, 5.41) is 18.1. The molecule has 8 heteroatoms. The Morgan fingerprint density at radius 3 is 2.62 bits per heavy atom. The van der Waals surface area contributed by atoms with E-state index in [1.807, 2.05) is 36.4 Å². The minimum Gasteiger partial charge on any atom is -0.394 e. The third kappa shape index (κ3) is 6.55. The van der Waals surface area contributed by atoms with Crippen molar-refractivity contribution >= 4 is 17.6 Å². The van der Waals surface area contributed by atoms with E-state index in [9.17, 15) is 14.7 Å². The van der Waals surface area contributed by atoms with Gasteiger partial charge >= 0.3 is 6.03 Å². The molecule has 1 aliphatic rings. The predicted octanol–water partition coefficient (Wildman–Crippen LogP) is 1.82. The number of hydrogen-bond acceptors (Lipinski definition) is 5. The van der Waals surface area contributed by atoms with Gasteiger partial charge in [0.2, 0.25) is 5.91 Å². The van der Waals surface area contributed by atoms with Crippen LogP contribution in [-0.4, -0.2) is 46.9 Å². The molecular formula is C21H26N4O4. The van der Waals surface area contributed by atoms with Crippen molar-refractivity contribution in [3.63, 3.8) is 0 Å². The summed E-state index contributed by atoms with van der Waals surface area (Å²) in [5.41, 5.74) is 1.47. The zero-order valence-electron chi connectivity index (χ0n) is 16.1. The zero-order chi connectivity index (χ0) is 20.5. The van der Waals surface area contributed by atoms with Crippen LogP contribution in [0.1, 0.15) is 25.0 Å². The number of hydrogen-bond donors (Lipinski definition) is 4. The normalized spacial score (nSPS) is 21.2. The summed E-state index contributed by atoms with van der Waals surface area (Å²) < 4.78 is 5.85. The Morgan fingerprint density at radius 1 is 1.10 bits per heavy atom. The van der Waals surface area contributed by atoms with Crippen LogP contribution >= 0.6 is 0 Å². The van der Waals surface area contributed by atoms with Gasteiger partial charge in [-0.1, -0.05) is 24.3 Å². The molecule has 3 atom stereocenters. The van der Waals surface area contributed by atoms with Crippen LogP contribution in [0, 0.1) is 0 Å². The highest BCUT2D eigenvalue weighted by molar-refractivity contribution is 5.89. The minimum absolute atomic E-state index is 0.134. The molecule has 3 amide bonds. The van der Waals surface area contributed by atoms with E-state index in [0.717, 1.165) is 5.69 Å². The van der Waals surface area contributed by atoms with Crippen LogP contribution < -0.4 is 16.0 Å². The molecule has 1 fully saturated rings. The molecule has 1 saturated heterocycles. The smallest absolute Gasteiger partial charge is 0.319 e. The number of benzene rings is 1. The second kappa shape index (κ2) is 10.5. The lowest BCUT2D eigenvalue weighted by Crippen LogP contribution is -2.52. The van der Waals surface area contributed by atoms with Crippen molar-refractivity contribution in [2.75, 3.05) is 11.9 Å². The molecule has 0 spiro atoms. The average Bonchev–Trinajstić information content (AvgIpc) is 2.74. The first kappa shape index (κ1) is 20.8. The highest BCUT2D eigenvalue weighted by atomic mass is 16.5. The summed E-state index contributed by atoms with van der Waals surface area (Å²) in [5.74, 6) is -0.134. The highest BCUT2D eigenvalue weighted by Crippen LogP contribution is 2.22. The first-order valence-corrected chi connectivity index (χ1v) is 9.69. The van der Waals surface area contributed by atoms with Gasteiger partial charge in [0.05, 0.1) is 37.4 Å². The minimum atomic E-state index is -0.557.